The Balaban J connectivity index is 3.34. The Hall–Kier alpha value is -0.850. The van der Waals surface area contributed by atoms with Crippen molar-refractivity contribution < 1.29 is 22.3 Å². The second kappa shape index (κ2) is 5.42. The van der Waals surface area contributed by atoms with Gasteiger partial charge in [-0.3, -0.25) is 0 Å². The largest absolute Gasteiger partial charge is 0.459 e. The molecule has 0 heterocycles. The molecule has 1 rings (SSSR count). The van der Waals surface area contributed by atoms with E-state index in [1.807, 2.05) is 0 Å². The summed E-state index contributed by atoms with van der Waals surface area (Å²) in [6, 6.07) is 1.46. The molecule has 1 aromatic rings. The van der Waals surface area contributed by atoms with Crippen LogP contribution in [0.1, 0.15) is 24.2 Å². The summed E-state index contributed by atoms with van der Waals surface area (Å²) in [4.78, 5) is 10.8. The van der Waals surface area contributed by atoms with Crippen LogP contribution in [-0.2, 0) is 13.8 Å². The minimum atomic E-state index is -4.30. The molecule has 1 aromatic carbocycles. The van der Waals surface area contributed by atoms with E-state index in [-0.39, 0.29) is 10.6 Å². The van der Waals surface area contributed by atoms with Crippen molar-refractivity contribution in [1.82, 2.24) is 0 Å². The maximum atomic E-state index is 13.4. The van der Waals surface area contributed by atoms with Gasteiger partial charge in [0.2, 0.25) is 0 Å². The summed E-state index contributed by atoms with van der Waals surface area (Å²) in [6.07, 6.45) is -0.422. The van der Waals surface area contributed by atoms with Crippen LogP contribution >= 0.6 is 22.3 Å². The SMILES string of the molecule is CC(C)OC(=O)c1cc(S(=O)(=O)Cl)c(F)cc1Cl. The first-order chi connectivity index (χ1) is 8.12. The highest BCUT2D eigenvalue weighted by Crippen LogP contribution is 2.27. The number of rotatable bonds is 3. The number of carbonyl (C=O) groups is 1. The maximum Gasteiger partial charge on any atom is 0.339 e. The fourth-order valence-electron chi connectivity index (χ4n) is 1.15. The van der Waals surface area contributed by atoms with Crippen molar-refractivity contribution in [3.63, 3.8) is 0 Å². The van der Waals surface area contributed by atoms with Crippen LogP contribution in [0, 0.1) is 5.82 Å². The van der Waals surface area contributed by atoms with Crippen molar-refractivity contribution in [1.29, 1.82) is 0 Å². The molecule has 0 aliphatic rings. The molecule has 0 N–H and O–H groups in total. The van der Waals surface area contributed by atoms with Crippen LogP contribution in [0.4, 0.5) is 4.39 Å². The van der Waals surface area contributed by atoms with E-state index in [1.54, 1.807) is 13.8 Å². The molecule has 0 unspecified atom stereocenters. The Morgan fingerprint density at radius 2 is 1.94 bits per heavy atom. The lowest BCUT2D eigenvalue weighted by molar-refractivity contribution is 0.0378. The van der Waals surface area contributed by atoms with Gasteiger partial charge in [0.05, 0.1) is 16.7 Å². The van der Waals surface area contributed by atoms with E-state index in [0.29, 0.717) is 6.07 Å². The average Bonchev–Trinajstić information content (AvgIpc) is 2.13. The lowest BCUT2D eigenvalue weighted by atomic mass is 10.2. The third kappa shape index (κ3) is 3.57. The predicted octanol–water partition coefficient (Wildman–Crippen LogP) is 2.97. The quantitative estimate of drug-likeness (QED) is 0.635. The van der Waals surface area contributed by atoms with Gasteiger partial charge in [-0.25, -0.2) is 17.6 Å². The van der Waals surface area contributed by atoms with E-state index in [1.165, 1.54) is 0 Å². The normalized spacial score (nSPS) is 11.7. The zero-order valence-corrected chi connectivity index (χ0v) is 11.7. The number of hydrogen-bond donors (Lipinski definition) is 0. The number of hydrogen-bond acceptors (Lipinski definition) is 4. The first-order valence-corrected chi connectivity index (χ1v) is 7.46. The molecule has 8 heteroatoms. The lowest BCUT2D eigenvalue weighted by Crippen LogP contribution is -2.13. The molecule has 18 heavy (non-hydrogen) atoms. The van der Waals surface area contributed by atoms with Crippen molar-refractivity contribution in [3.8, 4) is 0 Å². The summed E-state index contributed by atoms with van der Waals surface area (Å²) in [5, 5.41) is -0.248. The summed E-state index contributed by atoms with van der Waals surface area (Å²) in [5.41, 5.74) is -0.258. The van der Waals surface area contributed by atoms with Crippen molar-refractivity contribution in [3.05, 3.63) is 28.5 Å². The molecule has 0 aromatic heterocycles. The van der Waals surface area contributed by atoms with Gasteiger partial charge in [0.15, 0.2) is 0 Å². The summed E-state index contributed by atoms with van der Waals surface area (Å²) in [5.74, 6) is -1.98. The molecule has 0 aliphatic carbocycles. The summed E-state index contributed by atoms with van der Waals surface area (Å²) in [6.45, 7) is 3.21. The van der Waals surface area contributed by atoms with Gasteiger partial charge in [0, 0.05) is 10.7 Å². The predicted molar refractivity (Wildman–Crippen MR) is 65.0 cm³/mol. The van der Waals surface area contributed by atoms with Gasteiger partial charge >= 0.3 is 5.97 Å². The monoisotopic (exact) mass is 314 g/mol. The average molecular weight is 315 g/mol. The van der Waals surface area contributed by atoms with Crippen LogP contribution in [0.15, 0.2) is 17.0 Å². The van der Waals surface area contributed by atoms with Crippen LogP contribution in [0.25, 0.3) is 0 Å². The molecule has 0 saturated carbocycles. The summed E-state index contributed by atoms with van der Waals surface area (Å²) >= 11 is 5.65. The molecule has 0 spiro atoms. The van der Waals surface area contributed by atoms with Gasteiger partial charge in [-0.05, 0) is 26.0 Å². The Kier molecular flexibility index (Phi) is 4.58. The first kappa shape index (κ1) is 15.2. The number of halogens is 3. The number of carbonyl (C=O) groups excluding carboxylic acids is 1. The van der Waals surface area contributed by atoms with E-state index >= 15 is 0 Å². The molecule has 0 fully saturated rings. The van der Waals surface area contributed by atoms with Crippen LogP contribution in [0.5, 0.6) is 0 Å². The van der Waals surface area contributed by atoms with E-state index in [9.17, 15) is 17.6 Å². The second-order valence-electron chi connectivity index (χ2n) is 3.65. The van der Waals surface area contributed by atoms with Crippen molar-refractivity contribution in [2.24, 2.45) is 0 Å². The van der Waals surface area contributed by atoms with E-state index in [0.717, 1.165) is 6.07 Å². The van der Waals surface area contributed by atoms with Crippen LogP contribution < -0.4 is 0 Å². The minimum absolute atomic E-state index is 0.248. The standard InChI is InChI=1S/C10H9Cl2FO4S/c1-5(2)17-10(14)6-3-9(18(12,15)16)8(13)4-7(6)11/h3-5H,1-2H3. The van der Waals surface area contributed by atoms with Gasteiger partial charge in [0.25, 0.3) is 9.05 Å². The zero-order valence-electron chi connectivity index (χ0n) is 9.41. The minimum Gasteiger partial charge on any atom is -0.459 e. The highest BCUT2D eigenvalue weighted by atomic mass is 35.7. The fraction of sp³-hybridized carbons (Fsp3) is 0.300. The molecule has 100 valence electrons. The third-order valence-electron chi connectivity index (χ3n) is 1.85. The van der Waals surface area contributed by atoms with Crippen molar-refractivity contribution in [2.75, 3.05) is 0 Å². The number of ether oxygens (including phenoxy) is 1. The van der Waals surface area contributed by atoms with Crippen molar-refractivity contribution in [2.45, 2.75) is 24.8 Å². The fourth-order valence-corrected chi connectivity index (χ4v) is 2.28. The van der Waals surface area contributed by atoms with Gasteiger partial charge in [-0.15, -0.1) is 0 Å². The van der Waals surface area contributed by atoms with E-state index in [4.69, 9.17) is 27.0 Å². The molecule has 0 atom stereocenters. The highest BCUT2D eigenvalue weighted by molar-refractivity contribution is 8.13. The van der Waals surface area contributed by atoms with Gasteiger partial charge < -0.3 is 4.74 Å². The van der Waals surface area contributed by atoms with E-state index in [2.05, 4.69) is 0 Å². The molecular formula is C10H9Cl2FO4S. The maximum absolute atomic E-state index is 13.4. The van der Waals surface area contributed by atoms with Crippen LogP contribution in [0.3, 0.4) is 0 Å². The topological polar surface area (TPSA) is 60.4 Å². The summed E-state index contributed by atoms with van der Waals surface area (Å²) < 4.78 is 40.4. The molecule has 0 saturated heterocycles. The van der Waals surface area contributed by atoms with Crippen LogP contribution in [0.2, 0.25) is 5.02 Å². The lowest BCUT2D eigenvalue weighted by Gasteiger charge is -2.10. The Bertz CT molecular complexity index is 584. The van der Waals surface area contributed by atoms with Gasteiger partial charge in [0.1, 0.15) is 10.7 Å². The van der Waals surface area contributed by atoms with Gasteiger partial charge in [-0.1, -0.05) is 11.6 Å². The third-order valence-corrected chi connectivity index (χ3v) is 3.50. The Labute approximate surface area is 113 Å². The first-order valence-electron chi connectivity index (χ1n) is 4.77. The Morgan fingerprint density at radius 3 is 2.39 bits per heavy atom. The van der Waals surface area contributed by atoms with Crippen molar-refractivity contribution >= 4 is 37.3 Å². The molecule has 0 bridgehead atoms. The molecule has 0 amide bonds. The molecular weight excluding hydrogens is 306 g/mol. The van der Waals surface area contributed by atoms with Gasteiger partial charge in [-0.2, -0.15) is 0 Å². The molecule has 0 radical (unpaired) electrons. The Morgan fingerprint density at radius 1 is 1.39 bits per heavy atom. The smallest absolute Gasteiger partial charge is 0.339 e. The molecule has 4 nitrogen and oxygen atoms in total. The number of esters is 1. The van der Waals surface area contributed by atoms with Crippen LogP contribution in [-0.4, -0.2) is 20.5 Å². The second-order valence-corrected chi connectivity index (χ2v) is 6.60. The van der Waals surface area contributed by atoms with E-state index < -0.39 is 31.8 Å². The summed E-state index contributed by atoms with van der Waals surface area (Å²) in [7, 11) is 0.732. The molecule has 0 aliphatic heterocycles. The highest BCUT2D eigenvalue weighted by Gasteiger charge is 2.23. The zero-order chi connectivity index (χ0) is 14.1. The number of benzene rings is 1.